The maximum atomic E-state index is 8.65. The normalized spacial score (nSPS) is 10.8. The molecule has 0 saturated heterocycles. The molecule has 0 aliphatic heterocycles. The molecule has 1 aromatic carbocycles. The first-order valence-electron chi connectivity index (χ1n) is 5.39. The highest BCUT2D eigenvalue weighted by atomic mass is 35.5. The van der Waals surface area contributed by atoms with Crippen molar-refractivity contribution in [1.29, 1.82) is 0 Å². The van der Waals surface area contributed by atoms with E-state index in [0.29, 0.717) is 23.1 Å². The van der Waals surface area contributed by atoms with E-state index >= 15 is 0 Å². The fourth-order valence-corrected chi connectivity index (χ4v) is 1.72. The Morgan fingerprint density at radius 3 is 2.83 bits per heavy atom. The highest BCUT2D eigenvalue weighted by molar-refractivity contribution is 6.42. The van der Waals surface area contributed by atoms with E-state index in [1.165, 1.54) is 0 Å². The number of aliphatic hydroxyl groups excluding tert-OH is 1. The van der Waals surface area contributed by atoms with Crippen LogP contribution in [0.15, 0.2) is 24.4 Å². The Hall–Kier alpha value is -1.14. The zero-order valence-electron chi connectivity index (χ0n) is 9.48. The third kappa shape index (κ3) is 3.20. The lowest BCUT2D eigenvalue weighted by molar-refractivity contribution is 0.291. The van der Waals surface area contributed by atoms with E-state index in [4.69, 9.17) is 28.3 Å². The Morgan fingerprint density at radius 2 is 2.11 bits per heavy atom. The second kappa shape index (κ2) is 6.15. The molecule has 5 nitrogen and oxygen atoms in total. The fourth-order valence-electron chi connectivity index (χ4n) is 1.43. The number of benzene rings is 1. The van der Waals surface area contributed by atoms with Crippen molar-refractivity contribution in [3.05, 3.63) is 40.1 Å². The van der Waals surface area contributed by atoms with Gasteiger partial charge in [0.15, 0.2) is 0 Å². The van der Waals surface area contributed by atoms with Crippen LogP contribution in [0.5, 0.6) is 0 Å². The van der Waals surface area contributed by atoms with E-state index in [1.54, 1.807) is 23.0 Å². The minimum Gasteiger partial charge on any atom is -0.395 e. The fraction of sp³-hybridized carbons (Fsp3) is 0.273. The van der Waals surface area contributed by atoms with Gasteiger partial charge < -0.3 is 10.4 Å². The van der Waals surface area contributed by atoms with E-state index < -0.39 is 0 Å². The van der Waals surface area contributed by atoms with Crippen molar-refractivity contribution in [3.63, 3.8) is 0 Å². The molecule has 0 radical (unpaired) electrons. The van der Waals surface area contributed by atoms with E-state index in [2.05, 4.69) is 15.6 Å². The van der Waals surface area contributed by atoms with Crippen molar-refractivity contribution in [2.45, 2.75) is 6.54 Å². The summed E-state index contributed by atoms with van der Waals surface area (Å²) in [5, 5.41) is 20.7. The molecule has 0 spiro atoms. The average molecular weight is 287 g/mol. The minimum absolute atomic E-state index is 0.0981. The summed E-state index contributed by atoms with van der Waals surface area (Å²) >= 11 is 11.8. The van der Waals surface area contributed by atoms with Gasteiger partial charge in [-0.05, 0) is 18.2 Å². The predicted octanol–water partition coefficient (Wildman–Crippen LogP) is 1.66. The van der Waals surface area contributed by atoms with Crippen molar-refractivity contribution in [1.82, 2.24) is 20.3 Å². The first-order chi connectivity index (χ1) is 8.70. The van der Waals surface area contributed by atoms with Crippen LogP contribution in [-0.2, 0) is 6.54 Å². The molecule has 0 amide bonds. The monoisotopic (exact) mass is 286 g/mol. The van der Waals surface area contributed by atoms with Gasteiger partial charge in [0, 0.05) is 13.1 Å². The van der Waals surface area contributed by atoms with Gasteiger partial charge in [-0.15, -0.1) is 5.10 Å². The number of hydrogen-bond donors (Lipinski definition) is 2. The molecular weight excluding hydrogens is 275 g/mol. The highest BCUT2D eigenvalue weighted by Gasteiger charge is 2.05. The van der Waals surface area contributed by atoms with Gasteiger partial charge in [0.1, 0.15) is 0 Å². The van der Waals surface area contributed by atoms with Crippen molar-refractivity contribution in [2.75, 3.05) is 13.2 Å². The maximum Gasteiger partial charge on any atom is 0.0969 e. The third-order valence-electron chi connectivity index (χ3n) is 2.30. The summed E-state index contributed by atoms with van der Waals surface area (Å²) in [6, 6.07) is 5.25. The number of aliphatic hydroxyl groups is 1. The maximum absolute atomic E-state index is 8.65. The smallest absolute Gasteiger partial charge is 0.0969 e. The van der Waals surface area contributed by atoms with Crippen LogP contribution in [-0.4, -0.2) is 33.3 Å². The molecule has 0 aliphatic rings. The van der Waals surface area contributed by atoms with Crippen LogP contribution >= 0.6 is 23.2 Å². The minimum atomic E-state index is 0.0981. The zero-order valence-corrected chi connectivity index (χ0v) is 11.0. The summed E-state index contributed by atoms with van der Waals surface area (Å²) in [4.78, 5) is 0. The molecule has 1 aromatic heterocycles. The summed E-state index contributed by atoms with van der Waals surface area (Å²) in [6.45, 7) is 1.18. The average Bonchev–Trinajstić information content (AvgIpc) is 2.82. The van der Waals surface area contributed by atoms with Crippen molar-refractivity contribution in [3.8, 4) is 5.69 Å². The quantitative estimate of drug-likeness (QED) is 0.821. The third-order valence-corrected chi connectivity index (χ3v) is 3.04. The van der Waals surface area contributed by atoms with Gasteiger partial charge in [-0.1, -0.05) is 28.4 Å². The number of aromatic nitrogens is 3. The second-order valence-corrected chi connectivity index (χ2v) is 4.47. The number of halogens is 2. The van der Waals surface area contributed by atoms with E-state index in [0.717, 1.165) is 11.4 Å². The van der Waals surface area contributed by atoms with Crippen LogP contribution < -0.4 is 5.32 Å². The molecular formula is C11H12Cl2N4O. The summed E-state index contributed by atoms with van der Waals surface area (Å²) in [5.74, 6) is 0. The van der Waals surface area contributed by atoms with Gasteiger partial charge >= 0.3 is 0 Å². The lowest BCUT2D eigenvalue weighted by Crippen LogP contribution is -2.17. The van der Waals surface area contributed by atoms with Gasteiger partial charge in [-0.3, -0.25) is 0 Å². The van der Waals surface area contributed by atoms with E-state index in [9.17, 15) is 0 Å². The number of hydrogen-bond acceptors (Lipinski definition) is 4. The van der Waals surface area contributed by atoms with Crippen LogP contribution in [0.25, 0.3) is 5.69 Å². The molecule has 1 heterocycles. The zero-order chi connectivity index (χ0) is 13.0. The van der Waals surface area contributed by atoms with Crippen LogP contribution in [0.2, 0.25) is 10.0 Å². The van der Waals surface area contributed by atoms with Crippen molar-refractivity contribution >= 4 is 23.2 Å². The second-order valence-electron chi connectivity index (χ2n) is 3.65. The molecule has 7 heteroatoms. The molecule has 2 aromatic rings. The Bertz CT molecular complexity index is 530. The van der Waals surface area contributed by atoms with Gasteiger partial charge in [-0.25, -0.2) is 4.68 Å². The molecule has 0 bridgehead atoms. The van der Waals surface area contributed by atoms with E-state index in [-0.39, 0.29) is 6.61 Å². The Balaban J connectivity index is 2.11. The molecule has 2 rings (SSSR count). The predicted molar refractivity (Wildman–Crippen MR) is 70.2 cm³/mol. The molecule has 0 unspecified atom stereocenters. The lowest BCUT2D eigenvalue weighted by Gasteiger charge is -2.01. The van der Waals surface area contributed by atoms with Gasteiger partial charge in [0.2, 0.25) is 0 Å². The van der Waals surface area contributed by atoms with Crippen molar-refractivity contribution < 1.29 is 5.11 Å². The molecule has 0 atom stereocenters. The number of nitrogens with one attached hydrogen (secondary N) is 1. The molecule has 18 heavy (non-hydrogen) atoms. The summed E-state index contributed by atoms with van der Waals surface area (Å²) in [5.41, 5.74) is 1.58. The van der Waals surface area contributed by atoms with Gasteiger partial charge in [0.25, 0.3) is 0 Å². The summed E-state index contributed by atoms with van der Waals surface area (Å²) in [7, 11) is 0. The summed E-state index contributed by atoms with van der Waals surface area (Å²) in [6.07, 6.45) is 1.80. The van der Waals surface area contributed by atoms with Crippen LogP contribution in [0.3, 0.4) is 0 Å². The molecule has 0 fully saturated rings. The molecule has 2 N–H and O–H groups in total. The van der Waals surface area contributed by atoms with Gasteiger partial charge in [0.05, 0.1) is 34.2 Å². The van der Waals surface area contributed by atoms with Crippen LogP contribution in [0, 0.1) is 0 Å². The standard InChI is InChI=1S/C11H12Cl2N4O/c12-10-2-1-9(5-11(10)13)17-7-8(15-16-17)6-14-3-4-18/h1-2,5,7,14,18H,3-4,6H2. The highest BCUT2D eigenvalue weighted by Crippen LogP contribution is 2.23. The topological polar surface area (TPSA) is 63.0 Å². The number of nitrogens with zero attached hydrogens (tertiary/aromatic N) is 3. The first kappa shape index (κ1) is 13.3. The lowest BCUT2D eigenvalue weighted by atomic mass is 10.3. The SMILES string of the molecule is OCCNCc1cn(-c2ccc(Cl)c(Cl)c2)nn1. The Kier molecular flexibility index (Phi) is 4.54. The van der Waals surface area contributed by atoms with Crippen LogP contribution in [0.4, 0.5) is 0 Å². The molecule has 96 valence electrons. The first-order valence-corrected chi connectivity index (χ1v) is 6.14. The Morgan fingerprint density at radius 1 is 1.28 bits per heavy atom. The Labute approximate surface area is 114 Å². The molecule has 0 saturated carbocycles. The largest absolute Gasteiger partial charge is 0.395 e. The van der Waals surface area contributed by atoms with Crippen molar-refractivity contribution in [2.24, 2.45) is 0 Å². The summed E-state index contributed by atoms with van der Waals surface area (Å²) < 4.78 is 1.62. The van der Waals surface area contributed by atoms with Crippen LogP contribution in [0.1, 0.15) is 5.69 Å². The van der Waals surface area contributed by atoms with Gasteiger partial charge in [-0.2, -0.15) is 0 Å². The van der Waals surface area contributed by atoms with E-state index in [1.807, 2.05) is 6.07 Å². The number of rotatable bonds is 5. The molecule has 0 aliphatic carbocycles.